The number of nitrogens with one attached hydrogen (secondary N) is 3. The Bertz CT molecular complexity index is 1880. The van der Waals surface area contributed by atoms with Gasteiger partial charge in [-0.25, -0.2) is 19.6 Å². The highest BCUT2D eigenvalue weighted by Crippen LogP contribution is 2.14. The Morgan fingerprint density at radius 1 is 0.870 bits per heavy atom. The fourth-order valence-electron chi connectivity index (χ4n) is 4.00. The Balaban J connectivity index is 1.22. The summed E-state index contributed by atoms with van der Waals surface area (Å²) in [6.07, 6.45) is 3.88. The summed E-state index contributed by atoms with van der Waals surface area (Å²) in [6, 6.07) is 4.31. The first kappa shape index (κ1) is 30.7. The Morgan fingerprint density at radius 3 is 2.11 bits per heavy atom. The molecule has 0 aliphatic carbocycles. The normalized spacial score (nSPS) is 14.6. The molecular formula is C27H21N9O10. The van der Waals surface area contributed by atoms with E-state index in [1.165, 1.54) is 30.5 Å². The van der Waals surface area contributed by atoms with Gasteiger partial charge in [0.25, 0.3) is 35.1 Å². The van der Waals surface area contributed by atoms with Crippen LogP contribution < -0.4 is 21.9 Å². The molecule has 46 heavy (non-hydrogen) atoms. The van der Waals surface area contributed by atoms with Crippen molar-refractivity contribution in [2.45, 2.75) is 25.4 Å². The molecule has 2 aliphatic heterocycles. The molecule has 3 aromatic rings. The number of rotatable bonds is 11. The van der Waals surface area contributed by atoms with Crippen molar-refractivity contribution in [3.05, 3.63) is 76.4 Å². The molecule has 5 amide bonds. The van der Waals surface area contributed by atoms with Crippen LogP contribution in [0.4, 0.5) is 11.6 Å². The highest BCUT2D eigenvalue weighted by molar-refractivity contribution is 6.13. The maximum atomic E-state index is 13.0. The number of H-pyrrole nitrogens is 1. The highest BCUT2D eigenvalue weighted by atomic mass is 16.7. The molecule has 1 atom stereocenters. The second kappa shape index (κ2) is 12.8. The fourth-order valence-corrected chi connectivity index (χ4v) is 4.00. The van der Waals surface area contributed by atoms with Crippen LogP contribution in [0.2, 0.25) is 0 Å². The van der Waals surface area contributed by atoms with E-state index in [-0.39, 0.29) is 39.3 Å². The van der Waals surface area contributed by atoms with Gasteiger partial charge in [0.2, 0.25) is 5.95 Å². The minimum Gasteiger partial charge on any atom is -0.379 e. The van der Waals surface area contributed by atoms with Crippen molar-refractivity contribution >= 4 is 64.3 Å². The Morgan fingerprint density at radius 2 is 1.48 bits per heavy atom. The van der Waals surface area contributed by atoms with E-state index < -0.39 is 65.9 Å². The van der Waals surface area contributed by atoms with Crippen molar-refractivity contribution < 1.29 is 43.2 Å². The number of anilines is 2. The van der Waals surface area contributed by atoms with Gasteiger partial charge in [-0.3, -0.25) is 33.8 Å². The van der Waals surface area contributed by atoms with Crippen LogP contribution in [0.25, 0.3) is 11.2 Å². The maximum absolute atomic E-state index is 13.0. The van der Waals surface area contributed by atoms with E-state index in [4.69, 9.17) is 15.4 Å². The number of aromatic nitrogens is 4. The van der Waals surface area contributed by atoms with Crippen molar-refractivity contribution in [1.29, 1.82) is 0 Å². The van der Waals surface area contributed by atoms with Gasteiger partial charge < -0.3 is 26.0 Å². The molecule has 4 heterocycles. The van der Waals surface area contributed by atoms with Crippen LogP contribution in [0, 0.1) is 0 Å². The zero-order chi connectivity index (χ0) is 33.0. The van der Waals surface area contributed by atoms with Gasteiger partial charge in [0.05, 0.1) is 24.9 Å². The smallest absolute Gasteiger partial charge is 0.355 e. The largest absolute Gasteiger partial charge is 0.379 e. The first-order valence-corrected chi connectivity index (χ1v) is 13.2. The van der Waals surface area contributed by atoms with E-state index in [9.17, 15) is 38.4 Å². The number of hydroxylamine groups is 4. The third kappa shape index (κ3) is 6.88. The standard InChI is InChI=1S/C27H21N9O10/c28-27-33-23-22(25(43)34-27)31-15(12-30-23)11-29-14-3-1-13(2-4-14)24(42)32-16(26(44)46-36-19(39)8-9-20(36)40)5-10-21(41)45-35-17(37)6-7-18(35)38/h1-4,6-9,12,16,29H,5,10-11H2,(H,32,42)(H3,28,30,33,34,43)/t16-/m0/s1. The Kier molecular flexibility index (Phi) is 8.55. The van der Waals surface area contributed by atoms with Crippen LogP contribution in [-0.4, -0.2) is 77.6 Å². The molecule has 0 saturated heterocycles. The van der Waals surface area contributed by atoms with Gasteiger partial charge in [0, 0.05) is 35.6 Å². The second-order valence-electron chi connectivity index (χ2n) is 9.46. The summed E-state index contributed by atoms with van der Waals surface area (Å²) in [7, 11) is 0. The van der Waals surface area contributed by atoms with Gasteiger partial charge >= 0.3 is 11.9 Å². The number of carbonyl (C=O) groups is 7. The maximum Gasteiger partial charge on any atom is 0.355 e. The molecular weight excluding hydrogens is 610 g/mol. The summed E-state index contributed by atoms with van der Waals surface area (Å²) in [5, 5.41) is 5.82. The number of amides is 5. The molecule has 0 saturated carbocycles. The molecule has 5 rings (SSSR count). The number of carbonyl (C=O) groups excluding carboxylic acids is 7. The van der Waals surface area contributed by atoms with Crippen molar-refractivity contribution in [2.75, 3.05) is 11.1 Å². The van der Waals surface area contributed by atoms with Gasteiger partial charge in [0.15, 0.2) is 11.2 Å². The lowest BCUT2D eigenvalue weighted by Gasteiger charge is -2.20. The molecule has 5 N–H and O–H groups in total. The lowest BCUT2D eigenvalue weighted by Crippen LogP contribution is -2.46. The van der Waals surface area contributed by atoms with E-state index >= 15 is 0 Å². The lowest BCUT2D eigenvalue weighted by atomic mass is 10.1. The number of nitrogen functional groups attached to an aromatic ring is 1. The monoisotopic (exact) mass is 631 g/mol. The minimum atomic E-state index is -1.58. The number of fused-ring (bicyclic) bond motifs is 1. The quantitative estimate of drug-likeness (QED) is 0.176. The molecule has 0 fully saturated rings. The van der Waals surface area contributed by atoms with Crippen LogP contribution in [0.1, 0.15) is 28.9 Å². The van der Waals surface area contributed by atoms with Crippen LogP contribution >= 0.6 is 0 Å². The van der Waals surface area contributed by atoms with E-state index in [1.807, 2.05) is 0 Å². The van der Waals surface area contributed by atoms with Crippen molar-refractivity contribution in [3.63, 3.8) is 0 Å². The lowest BCUT2D eigenvalue weighted by molar-refractivity contribution is -0.199. The molecule has 0 spiro atoms. The summed E-state index contributed by atoms with van der Waals surface area (Å²) in [5.41, 5.74) is 6.08. The molecule has 2 aliphatic rings. The topological polar surface area (TPSA) is 266 Å². The van der Waals surface area contributed by atoms with Crippen LogP contribution in [-0.2, 0) is 45.0 Å². The van der Waals surface area contributed by atoms with Crippen molar-refractivity contribution in [1.82, 2.24) is 35.4 Å². The number of nitrogens with zero attached hydrogens (tertiary/aromatic N) is 5. The number of imide groups is 2. The molecule has 1 aromatic carbocycles. The van der Waals surface area contributed by atoms with Gasteiger partial charge in [0.1, 0.15) is 6.04 Å². The third-order valence-corrected chi connectivity index (χ3v) is 6.25. The average Bonchev–Trinajstić information content (AvgIpc) is 3.52. The number of benzene rings is 1. The Labute approximate surface area is 256 Å². The Hall–Kier alpha value is -6.79. The predicted molar refractivity (Wildman–Crippen MR) is 151 cm³/mol. The molecule has 0 unspecified atom stereocenters. The van der Waals surface area contributed by atoms with Crippen LogP contribution in [0.5, 0.6) is 0 Å². The molecule has 19 nitrogen and oxygen atoms in total. The summed E-state index contributed by atoms with van der Waals surface area (Å²) in [6.45, 7) is 0.149. The highest BCUT2D eigenvalue weighted by Gasteiger charge is 2.33. The van der Waals surface area contributed by atoms with E-state index in [0.29, 0.717) is 11.4 Å². The van der Waals surface area contributed by atoms with Crippen molar-refractivity contribution in [3.8, 4) is 0 Å². The van der Waals surface area contributed by atoms with E-state index in [1.54, 1.807) is 0 Å². The first-order valence-electron chi connectivity index (χ1n) is 13.2. The van der Waals surface area contributed by atoms with Crippen LogP contribution in [0.3, 0.4) is 0 Å². The summed E-state index contributed by atoms with van der Waals surface area (Å²) < 4.78 is 0. The molecule has 234 valence electrons. The summed E-state index contributed by atoms with van der Waals surface area (Å²) in [4.78, 5) is 121. The summed E-state index contributed by atoms with van der Waals surface area (Å²) in [5.74, 6) is -6.88. The van der Waals surface area contributed by atoms with E-state index in [0.717, 1.165) is 24.3 Å². The van der Waals surface area contributed by atoms with Crippen molar-refractivity contribution in [2.24, 2.45) is 0 Å². The molecule has 2 aromatic heterocycles. The van der Waals surface area contributed by atoms with Gasteiger partial charge in [-0.15, -0.1) is 0 Å². The van der Waals surface area contributed by atoms with Gasteiger partial charge in [-0.05, 0) is 30.7 Å². The third-order valence-electron chi connectivity index (χ3n) is 6.25. The predicted octanol–water partition coefficient (Wildman–Crippen LogP) is -1.45. The van der Waals surface area contributed by atoms with Gasteiger partial charge in [-0.2, -0.15) is 4.98 Å². The van der Waals surface area contributed by atoms with Crippen LogP contribution in [0.15, 0.2) is 59.6 Å². The van der Waals surface area contributed by atoms with Gasteiger partial charge in [-0.1, -0.05) is 10.1 Å². The fraction of sp³-hybridized carbons (Fsp3) is 0.148. The minimum absolute atomic E-state index is 0.00613. The number of hydrogen-bond acceptors (Lipinski definition) is 15. The average molecular weight is 632 g/mol. The molecule has 19 heteroatoms. The second-order valence-corrected chi connectivity index (χ2v) is 9.46. The molecule has 0 bridgehead atoms. The zero-order valence-corrected chi connectivity index (χ0v) is 23.3. The molecule has 0 radical (unpaired) electrons. The first-order chi connectivity index (χ1) is 22.0. The number of hydrogen-bond donors (Lipinski definition) is 4. The SMILES string of the molecule is Nc1nc2ncc(CNc3ccc(C(=O)N[C@@H](CCC(=O)ON4C(=O)C=CC4=O)C(=O)ON4C(=O)C=CC4=O)cc3)nc2c(=O)[nH]1. The number of aromatic amines is 1. The summed E-state index contributed by atoms with van der Waals surface area (Å²) >= 11 is 0. The van der Waals surface area contributed by atoms with E-state index in [2.05, 4.69) is 30.6 Å². The zero-order valence-electron chi connectivity index (χ0n) is 23.3. The number of nitrogens with two attached hydrogens (primary N) is 1.